The van der Waals surface area contributed by atoms with Crippen molar-refractivity contribution in [2.24, 2.45) is 0 Å². The molecule has 1 heterocycles. The Bertz CT molecular complexity index is 1070. The summed E-state index contributed by atoms with van der Waals surface area (Å²) in [5, 5.41) is 3.78. The van der Waals surface area contributed by atoms with Gasteiger partial charge in [-0.1, -0.05) is 40.9 Å². The number of aryl methyl sites for hydroxylation is 1. The maximum absolute atomic E-state index is 13.3. The molecule has 3 aromatic rings. The van der Waals surface area contributed by atoms with Crippen molar-refractivity contribution < 1.29 is 18.7 Å². The molecule has 2 aromatic carbocycles. The lowest BCUT2D eigenvalue weighted by atomic mass is 10.2. The second kappa shape index (κ2) is 8.02. The summed E-state index contributed by atoms with van der Waals surface area (Å²) in [6.45, 7) is 1.21. The summed E-state index contributed by atoms with van der Waals surface area (Å²) in [6, 6.07) is 7.32. The summed E-state index contributed by atoms with van der Waals surface area (Å²) in [5.74, 6) is -1.83. The first-order valence-corrected chi connectivity index (χ1v) is 9.52. The van der Waals surface area contributed by atoms with Crippen LogP contribution in [0.15, 0.2) is 30.3 Å². The molecule has 27 heavy (non-hydrogen) atoms. The number of esters is 1. The fourth-order valence-corrected chi connectivity index (χ4v) is 4.21. The number of hydrogen-bond acceptors (Lipinski definition) is 4. The number of rotatable bonds is 4. The van der Waals surface area contributed by atoms with Gasteiger partial charge in [-0.15, -0.1) is 11.3 Å². The van der Waals surface area contributed by atoms with Gasteiger partial charge in [0.1, 0.15) is 10.7 Å². The number of anilines is 1. The zero-order valence-corrected chi connectivity index (χ0v) is 16.8. The number of thiophene rings is 1. The molecule has 1 amide bonds. The molecule has 9 heteroatoms. The number of fused-ring (bicyclic) bond motifs is 1. The molecule has 0 aliphatic rings. The molecule has 0 unspecified atom stereocenters. The maximum atomic E-state index is 13.3. The first-order valence-electron chi connectivity index (χ1n) is 7.57. The van der Waals surface area contributed by atoms with Gasteiger partial charge in [0.25, 0.3) is 5.91 Å². The van der Waals surface area contributed by atoms with Gasteiger partial charge in [0.15, 0.2) is 6.61 Å². The third-order valence-corrected chi connectivity index (χ3v) is 6.10. The molecule has 0 bridgehead atoms. The molecule has 4 nitrogen and oxygen atoms in total. The number of carbonyl (C=O) groups excluding carboxylic acids is 2. The molecule has 0 aliphatic carbocycles. The van der Waals surface area contributed by atoms with E-state index >= 15 is 0 Å². The second-order valence-electron chi connectivity index (χ2n) is 5.56. The topological polar surface area (TPSA) is 55.4 Å². The van der Waals surface area contributed by atoms with Crippen LogP contribution in [0.3, 0.4) is 0 Å². The molecule has 1 aromatic heterocycles. The van der Waals surface area contributed by atoms with Gasteiger partial charge in [-0.3, -0.25) is 4.79 Å². The lowest BCUT2D eigenvalue weighted by molar-refractivity contribution is -0.119. The van der Waals surface area contributed by atoms with E-state index in [1.807, 2.05) is 0 Å². The minimum absolute atomic E-state index is 0.0942. The van der Waals surface area contributed by atoms with Gasteiger partial charge in [-0.2, -0.15) is 0 Å². The highest BCUT2D eigenvalue weighted by Gasteiger charge is 2.20. The second-order valence-corrected chi connectivity index (χ2v) is 7.78. The van der Waals surface area contributed by atoms with Gasteiger partial charge in [-0.25, -0.2) is 9.18 Å². The molecule has 0 radical (unpaired) electrons. The molecule has 0 spiro atoms. The SMILES string of the molecule is Cc1ccc(Cl)c(NC(=O)COC(=O)c2sc3cc(F)ccc3c2Cl)c1Cl. The monoisotopic (exact) mass is 445 g/mol. The molecule has 1 N–H and O–H groups in total. The number of hydrogen-bond donors (Lipinski definition) is 1. The summed E-state index contributed by atoms with van der Waals surface area (Å²) in [4.78, 5) is 24.4. The van der Waals surface area contributed by atoms with E-state index < -0.39 is 24.3 Å². The average molecular weight is 447 g/mol. The Morgan fingerprint density at radius 3 is 2.63 bits per heavy atom. The van der Waals surface area contributed by atoms with Gasteiger partial charge in [0, 0.05) is 10.1 Å². The highest BCUT2D eigenvalue weighted by molar-refractivity contribution is 7.21. The van der Waals surface area contributed by atoms with E-state index in [2.05, 4.69) is 5.32 Å². The van der Waals surface area contributed by atoms with Crippen LogP contribution in [0.5, 0.6) is 0 Å². The van der Waals surface area contributed by atoms with Crippen molar-refractivity contribution in [2.75, 3.05) is 11.9 Å². The van der Waals surface area contributed by atoms with Crippen molar-refractivity contribution in [2.45, 2.75) is 6.92 Å². The van der Waals surface area contributed by atoms with Crippen LogP contribution in [0.4, 0.5) is 10.1 Å². The van der Waals surface area contributed by atoms with Crippen LogP contribution >= 0.6 is 46.1 Å². The third-order valence-electron chi connectivity index (χ3n) is 3.66. The van der Waals surface area contributed by atoms with E-state index in [1.54, 1.807) is 19.1 Å². The Balaban J connectivity index is 1.70. The average Bonchev–Trinajstić information content (AvgIpc) is 2.96. The molecule has 0 aliphatic heterocycles. The van der Waals surface area contributed by atoms with Crippen LogP contribution in [0.25, 0.3) is 10.1 Å². The fraction of sp³-hybridized carbons (Fsp3) is 0.111. The number of benzene rings is 2. The van der Waals surface area contributed by atoms with E-state index in [-0.39, 0.29) is 20.6 Å². The molecular weight excluding hydrogens is 436 g/mol. The van der Waals surface area contributed by atoms with Gasteiger partial charge in [0.2, 0.25) is 0 Å². The van der Waals surface area contributed by atoms with Crippen molar-refractivity contribution in [3.05, 3.63) is 61.7 Å². The van der Waals surface area contributed by atoms with Crippen LogP contribution in [0.2, 0.25) is 15.1 Å². The Morgan fingerprint density at radius 1 is 1.15 bits per heavy atom. The minimum atomic E-state index is -0.779. The molecule has 0 saturated carbocycles. The molecule has 140 valence electrons. The molecule has 0 fully saturated rings. The van der Waals surface area contributed by atoms with E-state index in [0.717, 1.165) is 16.9 Å². The van der Waals surface area contributed by atoms with E-state index in [0.29, 0.717) is 15.1 Å². The van der Waals surface area contributed by atoms with Crippen molar-refractivity contribution in [3.8, 4) is 0 Å². The van der Waals surface area contributed by atoms with Gasteiger partial charge >= 0.3 is 5.97 Å². The van der Waals surface area contributed by atoms with Crippen LogP contribution < -0.4 is 5.32 Å². The quantitative estimate of drug-likeness (QED) is 0.492. The number of ether oxygens (including phenoxy) is 1. The number of nitrogens with one attached hydrogen (secondary N) is 1. The summed E-state index contributed by atoms with van der Waals surface area (Å²) in [7, 11) is 0. The zero-order valence-electron chi connectivity index (χ0n) is 13.7. The van der Waals surface area contributed by atoms with Gasteiger partial charge in [0.05, 0.1) is 20.8 Å². The van der Waals surface area contributed by atoms with Crippen molar-refractivity contribution >= 4 is 73.8 Å². The third kappa shape index (κ3) is 4.19. The number of carbonyl (C=O) groups is 2. The first kappa shape index (κ1) is 19.9. The Kier molecular flexibility index (Phi) is 5.91. The van der Waals surface area contributed by atoms with E-state index in [1.165, 1.54) is 18.2 Å². The fourth-order valence-electron chi connectivity index (χ4n) is 2.31. The Hall–Kier alpha value is -1.86. The molecule has 0 saturated heterocycles. The lowest BCUT2D eigenvalue weighted by Crippen LogP contribution is -2.21. The Labute approximate surface area is 172 Å². The van der Waals surface area contributed by atoms with Crippen molar-refractivity contribution in [3.63, 3.8) is 0 Å². The largest absolute Gasteiger partial charge is 0.451 e. The lowest BCUT2D eigenvalue weighted by Gasteiger charge is -2.11. The summed E-state index contributed by atoms with van der Waals surface area (Å²) in [6.07, 6.45) is 0. The minimum Gasteiger partial charge on any atom is -0.451 e. The molecule has 0 atom stereocenters. The predicted molar refractivity (Wildman–Crippen MR) is 107 cm³/mol. The van der Waals surface area contributed by atoms with Crippen molar-refractivity contribution in [1.82, 2.24) is 0 Å². The van der Waals surface area contributed by atoms with Crippen LogP contribution in [0.1, 0.15) is 15.2 Å². The van der Waals surface area contributed by atoms with E-state index in [4.69, 9.17) is 39.5 Å². The Morgan fingerprint density at radius 2 is 1.89 bits per heavy atom. The summed E-state index contributed by atoms with van der Waals surface area (Å²) < 4.78 is 18.8. The maximum Gasteiger partial charge on any atom is 0.350 e. The number of halogens is 4. The van der Waals surface area contributed by atoms with Gasteiger partial charge in [-0.05, 0) is 36.8 Å². The zero-order chi connectivity index (χ0) is 19.7. The molecule has 3 rings (SSSR count). The summed E-state index contributed by atoms with van der Waals surface area (Å²) >= 11 is 19.3. The smallest absolute Gasteiger partial charge is 0.350 e. The standard InChI is InChI=1S/C18H11Cl3FNO3S/c1-8-2-5-11(19)16(14(8)20)23-13(24)7-26-18(25)17-15(21)10-4-3-9(22)6-12(10)27-17/h2-6H,7H2,1H3,(H,23,24). The predicted octanol–water partition coefficient (Wildman–Crippen LogP) is 6.10. The van der Waals surface area contributed by atoms with Crippen LogP contribution in [-0.2, 0) is 9.53 Å². The van der Waals surface area contributed by atoms with Crippen molar-refractivity contribution in [1.29, 1.82) is 0 Å². The normalized spacial score (nSPS) is 10.9. The van der Waals surface area contributed by atoms with Crippen LogP contribution in [-0.4, -0.2) is 18.5 Å². The first-order chi connectivity index (χ1) is 12.8. The highest BCUT2D eigenvalue weighted by atomic mass is 35.5. The van der Waals surface area contributed by atoms with E-state index in [9.17, 15) is 14.0 Å². The highest BCUT2D eigenvalue weighted by Crippen LogP contribution is 2.36. The summed E-state index contributed by atoms with van der Waals surface area (Å²) in [5.41, 5.74) is 0.979. The van der Waals surface area contributed by atoms with Gasteiger partial charge < -0.3 is 10.1 Å². The molecular formula is C18H11Cl3FNO3S. The van der Waals surface area contributed by atoms with Crippen LogP contribution in [0, 0.1) is 12.7 Å². The number of amides is 1.